The number of methoxy groups -OCH3 is 1. The zero-order chi connectivity index (χ0) is 20.4. The first kappa shape index (κ1) is 19.5. The Morgan fingerprint density at radius 1 is 1.28 bits per heavy atom. The van der Waals surface area contributed by atoms with Gasteiger partial charge in [-0.2, -0.15) is 0 Å². The number of carbonyl (C=O) groups is 1. The van der Waals surface area contributed by atoms with Crippen LogP contribution < -0.4 is 9.64 Å². The summed E-state index contributed by atoms with van der Waals surface area (Å²) in [5.74, 6) is 0.0726. The van der Waals surface area contributed by atoms with Gasteiger partial charge in [0.2, 0.25) is 0 Å². The molecule has 29 heavy (non-hydrogen) atoms. The SMILES string of the molecule is COCCc1nc(-c2ccc3c(c2)N(Cc2ccccc2F)C(=O)C(C)O3)cs1. The highest BCUT2D eigenvalue weighted by Gasteiger charge is 2.32. The average molecular weight is 412 g/mol. The molecule has 0 saturated carbocycles. The molecule has 1 unspecified atom stereocenters. The van der Waals surface area contributed by atoms with Gasteiger partial charge in [-0.05, 0) is 31.2 Å². The second-order valence-electron chi connectivity index (χ2n) is 6.83. The number of carbonyl (C=O) groups excluding carboxylic acids is 1. The van der Waals surface area contributed by atoms with Crippen molar-refractivity contribution < 1.29 is 18.7 Å². The zero-order valence-electron chi connectivity index (χ0n) is 16.2. The third-order valence-electron chi connectivity index (χ3n) is 4.82. The van der Waals surface area contributed by atoms with Crippen LogP contribution in [0, 0.1) is 5.82 Å². The maximum absolute atomic E-state index is 14.2. The summed E-state index contributed by atoms with van der Waals surface area (Å²) >= 11 is 1.58. The fourth-order valence-electron chi connectivity index (χ4n) is 3.27. The van der Waals surface area contributed by atoms with Crippen LogP contribution in [0.3, 0.4) is 0 Å². The number of benzene rings is 2. The summed E-state index contributed by atoms with van der Waals surface area (Å²) in [6, 6.07) is 12.1. The summed E-state index contributed by atoms with van der Waals surface area (Å²) in [6.45, 7) is 2.47. The molecule has 7 heteroatoms. The van der Waals surface area contributed by atoms with E-state index in [0.29, 0.717) is 23.6 Å². The zero-order valence-corrected chi connectivity index (χ0v) is 17.0. The first-order valence-corrected chi connectivity index (χ1v) is 10.2. The molecule has 1 atom stereocenters. The first-order chi connectivity index (χ1) is 14.1. The van der Waals surface area contributed by atoms with E-state index in [2.05, 4.69) is 4.98 Å². The largest absolute Gasteiger partial charge is 0.479 e. The number of fused-ring (bicyclic) bond motifs is 1. The fraction of sp³-hybridized carbons (Fsp3) is 0.273. The number of ether oxygens (including phenoxy) is 2. The number of halogens is 1. The molecule has 0 N–H and O–H groups in total. The molecule has 1 aliphatic heterocycles. The van der Waals surface area contributed by atoms with Crippen LogP contribution in [0.1, 0.15) is 17.5 Å². The van der Waals surface area contributed by atoms with Crippen molar-refractivity contribution in [2.24, 2.45) is 0 Å². The van der Waals surface area contributed by atoms with E-state index in [1.807, 2.05) is 23.6 Å². The van der Waals surface area contributed by atoms with Crippen LogP contribution in [0.25, 0.3) is 11.3 Å². The highest BCUT2D eigenvalue weighted by Crippen LogP contribution is 2.38. The standard InChI is InChI=1S/C22H21FN2O3S/c1-14-22(26)25(12-16-5-3-4-6-17(16)23)19-11-15(7-8-20(19)28-14)18-13-29-21(24-18)9-10-27-2/h3-8,11,13-14H,9-10,12H2,1-2H3. The Morgan fingerprint density at radius 2 is 2.10 bits per heavy atom. The number of hydrogen-bond donors (Lipinski definition) is 0. The maximum atomic E-state index is 14.2. The van der Waals surface area contributed by atoms with E-state index < -0.39 is 6.10 Å². The second-order valence-corrected chi connectivity index (χ2v) is 7.77. The number of rotatable bonds is 6. The Balaban J connectivity index is 1.69. The number of anilines is 1. The van der Waals surface area contributed by atoms with Gasteiger partial charge in [0.1, 0.15) is 11.6 Å². The van der Waals surface area contributed by atoms with Gasteiger partial charge in [-0.15, -0.1) is 11.3 Å². The number of nitrogens with zero attached hydrogens (tertiary/aromatic N) is 2. The fourth-order valence-corrected chi connectivity index (χ4v) is 4.06. The second kappa shape index (κ2) is 8.31. The normalized spacial score (nSPS) is 15.9. The van der Waals surface area contributed by atoms with Crippen molar-refractivity contribution >= 4 is 22.9 Å². The summed E-state index contributed by atoms with van der Waals surface area (Å²) in [4.78, 5) is 19.1. The monoisotopic (exact) mass is 412 g/mol. The molecule has 1 amide bonds. The summed E-state index contributed by atoms with van der Waals surface area (Å²) in [7, 11) is 1.67. The van der Waals surface area contributed by atoms with Gasteiger partial charge in [0.15, 0.2) is 6.10 Å². The summed E-state index contributed by atoms with van der Waals surface area (Å²) in [5.41, 5.74) is 2.80. The molecule has 0 saturated heterocycles. The lowest BCUT2D eigenvalue weighted by Gasteiger charge is -2.33. The number of hydrogen-bond acceptors (Lipinski definition) is 5. The summed E-state index contributed by atoms with van der Waals surface area (Å²) in [6.07, 6.45) is 0.130. The molecule has 5 nitrogen and oxygen atoms in total. The van der Waals surface area contributed by atoms with Gasteiger partial charge in [0.25, 0.3) is 5.91 Å². The van der Waals surface area contributed by atoms with E-state index in [-0.39, 0.29) is 18.3 Å². The Morgan fingerprint density at radius 3 is 2.90 bits per heavy atom. The Bertz CT molecular complexity index is 1040. The Hall–Kier alpha value is -2.77. The molecule has 1 aromatic heterocycles. The van der Waals surface area contributed by atoms with Crippen molar-refractivity contribution in [3.8, 4) is 17.0 Å². The van der Waals surface area contributed by atoms with Gasteiger partial charge in [-0.1, -0.05) is 18.2 Å². The molecule has 1 aliphatic rings. The predicted octanol–water partition coefficient (Wildman–Crippen LogP) is 4.45. The van der Waals surface area contributed by atoms with E-state index in [0.717, 1.165) is 22.7 Å². The van der Waals surface area contributed by atoms with Gasteiger partial charge in [-0.25, -0.2) is 9.37 Å². The van der Waals surface area contributed by atoms with Crippen molar-refractivity contribution in [1.82, 2.24) is 4.98 Å². The van der Waals surface area contributed by atoms with E-state index in [1.165, 1.54) is 6.07 Å². The van der Waals surface area contributed by atoms with E-state index in [9.17, 15) is 9.18 Å². The van der Waals surface area contributed by atoms with Gasteiger partial charge in [0.05, 0.1) is 29.5 Å². The maximum Gasteiger partial charge on any atom is 0.268 e. The molecule has 2 heterocycles. The Labute approximate surface area is 172 Å². The van der Waals surface area contributed by atoms with Crippen LogP contribution in [-0.4, -0.2) is 30.7 Å². The molecule has 3 aromatic rings. The van der Waals surface area contributed by atoms with Crippen molar-refractivity contribution in [2.75, 3.05) is 18.6 Å². The Kier molecular flexibility index (Phi) is 5.60. The van der Waals surface area contributed by atoms with E-state index in [4.69, 9.17) is 9.47 Å². The third-order valence-corrected chi connectivity index (χ3v) is 5.73. The number of aromatic nitrogens is 1. The van der Waals surface area contributed by atoms with E-state index in [1.54, 1.807) is 48.5 Å². The minimum Gasteiger partial charge on any atom is -0.479 e. The van der Waals surface area contributed by atoms with Crippen LogP contribution in [0.5, 0.6) is 5.75 Å². The number of thiazole rings is 1. The molecule has 0 aliphatic carbocycles. The summed E-state index contributed by atoms with van der Waals surface area (Å²) < 4.78 is 25.1. The molecular formula is C22H21FN2O3S. The van der Waals surface area contributed by atoms with Crippen molar-refractivity contribution in [1.29, 1.82) is 0 Å². The lowest BCUT2D eigenvalue weighted by atomic mass is 10.1. The minimum atomic E-state index is -0.625. The van der Waals surface area contributed by atoms with Crippen LogP contribution in [0.4, 0.5) is 10.1 Å². The van der Waals surface area contributed by atoms with Crippen molar-refractivity contribution in [3.63, 3.8) is 0 Å². The van der Waals surface area contributed by atoms with Crippen LogP contribution >= 0.6 is 11.3 Å². The minimum absolute atomic E-state index is 0.145. The highest BCUT2D eigenvalue weighted by atomic mass is 32.1. The molecule has 0 radical (unpaired) electrons. The molecule has 150 valence electrons. The smallest absolute Gasteiger partial charge is 0.268 e. The van der Waals surface area contributed by atoms with Gasteiger partial charge >= 0.3 is 0 Å². The lowest BCUT2D eigenvalue weighted by Crippen LogP contribution is -2.44. The van der Waals surface area contributed by atoms with Crippen LogP contribution in [0.2, 0.25) is 0 Å². The van der Waals surface area contributed by atoms with Crippen LogP contribution in [0.15, 0.2) is 47.8 Å². The van der Waals surface area contributed by atoms with E-state index >= 15 is 0 Å². The molecule has 0 bridgehead atoms. The predicted molar refractivity (Wildman–Crippen MR) is 111 cm³/mol. The topological polar surface area (TPSA) is 51.7 Å². The van der Waals surface area contributed by atoms with Gasteiger partial charge in [-0.3, -0.25) is 4.79 Å². The summed E-state index contributed by atoms with van der Waals surface area (Å²) in [5, 5.41) is 2.98. The third kappa shape index (κ3) is 4.02. The molecule has 2 aromatic carbocycles. The first-order valence-electron chi connectivity index (χ1n) is 9.36. The van der Waals surface area contributed by atoms with Gasteiger partial charge in [0, 0.05) is 30.0 Å². The highest BCUT2D eigenvalue weighted by molar-refractivity contribution is 7.09. The quantitative estimate of drug-likeness (QED) is 0.600. The molecule has 0 spiro atoms. The molecule has 4 rings (SSSR count). The van der Waals surface area contributed by atoms with Crippen molar-refractivity contribution in [2.45, 2.75) is 26.0 Å². The average Bonchev–Trinajstić information content (AvgIpc) is 3.20. The van der Waals surface area contributed by atoms with Gasteiger partial charge < -0.3 is 14.4 Å². The number of amides is 1. The van der Waals surface area contributed by atoms with Crippen LogP contribution in [-0.2, 0) is 22.5 Å². The molecular weight excluding hydrogens is 391 g/mol. The lowest BCUT2D eigenvalue weighted by molar-refractivity contribution is -0.125. The van der Waals surface area contributed by atoms with Crippen molar-refractivity contribution in [3.05, 3.63) is 64.2 Å². The molecule has 0 fully saturated rings.